The third-order valence-electron chi connectivity index (χ3n) is 2.86. The second kappa shape index (κ2) is 10.5. The first-order valence-electron chi connectivity index (χ1n) is 6.91. The van der Waals surface area contributed by atoms with Gasteiger partial charge in [-0.1, -0.05) is 38.5 Å². The predicted octanol–water partition coefficient (Wildman–Crippen LogP) is 3.26. The third-order valence-corrected chi connectivity index (χ3v) is 2.86. The highest BCUT2D eigenvalue weighted by molar-refractivity contribution is 5.81. The number of carboxylic acids is 1. The van der Waals surface area contributed by atoms with E-state index in [4.69, 9.17) is 5.11 Å². The Morgan fingerprint density at radius 2 is 1.30 bits per heavy atom. The van der Waals surface area contributed by atoms with Crippen molar-refractivity contribution >= 4 is 11.9 Å². The van der Waals surface area contributed by atoms with Crippen molar-refractivity contribution in [1.82, 2.24) is 5.32 Å². The summed E-state index contributed by atoms with van der Waals surface area (Å²) in [7, 11) is 0. The maximum atomic E-state index is 11.8. The molecule has 0 spiro atoms. The van der Waals surface area contributed by atoms with Crippen LogP contribution in [0.2, 0.25) is 0 Å². The van der Waals surface area contributed by atoms with Crippen molar-refractivity contribution in [2.24, 2.45) is 0 Å². The van der Waals surface area contributed by atoms with Gasteiger partial charge in [-0.25, -0.2) is 0 Å². The number of carboxylic acid groups (broad SMARTS) is 1. The summed E-state index contributed by atoms with van der Waals surface area (Å²) in [6.45, 7) is 0.0525. The van der Waals surface area contributed by atoms with E-state index in [1.807, 2.05) is 5.32 Å². The van der Waals surface area contributed by atoms with Gasteiger partial charge < -0.3 is 10.4 Å². The van der Waals surface area contributed by atoms with E-state index in [2.05, 4.69) is 0 Å². The van der Waals surface area contributed by atoms with E-state index in [1.165, 1.54) is 0 Å². The number of rotatable bonds is 11. The molecule has 4 nitrogen and oxygen atoms in total. The summed E-state index contributed by atoms with van der Waals surface area (Å²) < 4.78 is 35.5. The Morgan fingerprint density at radius 3 is 1.75 bits per heavy atom. The van der Waals surface area contributed by atoms with Crippen LogP contribution in [0.15, 0.2) is 0 Å². The quantitative estimate of drug-likeness (QED) is 0.575. The number of alkyl halides is 3. The Bertz CT molecular complexity index is 293. The number of carbonyl (C=O) groups excluding carboxylic acids is 1. The van der Waals surface area contributed by atoms with Crippen LogP contribution in [0.5, 0.6) is 0 Å². The standard InChI is InChI=1S/C13H22F3NO3/c14-13(15,16)12(20)17-10-8-6-4-2-1-3-5-7-9-11(18)19/h1-10H2,(H,17,20)(H,18,19). The molecule has 0 aliphatic rings. The van der Waals surface area contributed by atoms with Crippen molar-refractivity contribution < 1.29 is 27.9 Å². The molecule has 0 aromatic carbocycles. The monoisotopic (exact) mass is 297 g/mol. The lowest BCUT2D eigenvalue weighted by atomic mass is 10.1. The van der Waals surface area contributed by atoms with Crippen molar-refractivity contribution in [2.75, 3.05) is 6.54 Å². The molecule has 20 heavy (non-hydrogen) atoms. The number of halogens is 3. The van der Waals surface area contributed by atoms with Crippen LogP contribution >= 0.6 is 0 Å². The lowest BCUT2D eigenvalue weighted by molar-refractivity contribution is -0.173. The summed E-state index contributed by atoms with van der Waals surface area (Å²) in [4.78, 5) is 20.7. The Balaban J connectivity index is 3.21. The fraction of sp³-hybridized carbons (Fsp3) is 0.846. The van der Waals surface area contributed by atoms with Crippen LogP contribution in [-0.2, 0) is 9.59 Å². The molecule has 0 radical (unpaired) electrons. The van der Waals surface area contributed by atoms with Gasteiger partial charge in [-0.05, 0) is 12.8 Å². The second-order valence-electron chi connectivity index (χ2n) is 4.73. The predicted molar refractivity (Wildman–Crippen MR) is 68.3 cm³/mol. The minimum absolute atomic E-state index is 0.0525. The molecule has 0 bridgehead atoms. The number of hydrogen-bond acceptors (Lipinski definition) is 2. The maximum absolute atomic E-state index is 11.8. The third kappa shape index (κ3) is 11.8. The van der Waals surface area contributed by atoms with Gasteiger partial charge in [-0.15, -0.1) is 0 Å². The number of hydrogen-bond donors (Lipinski definition) is 2. The van der Waals surface area contributed by atoms with E-state index in [0.717, 1.165) is 38.5 Å². The summed E-state index contributed by atoms with van der Waals surface area (Å²) in [6.07, 6.45) is 2.23. The molecular weight excluding hydrogens is 275 g/mol. The Morgan fingerprint density at radius 1 is 0.850 bits per heavy atom. The largest absolute Gasteiger partial charge is 0.481 e. The average molecular weight is 297 g/mol. The van der Waals surface area contributed by atoms with E-state index in [-0.39, 0.29) is 13.0 Å². The molecule has 1 amide bonds. The zero-order chi connectivity index (χ0) is 15.4. The smallest absolute Gasteiger partial charge is 0.471 e. The van der Waals surface area contributed by atoms with Crippen molar-refractivity contribution in [2.45, 2.75) is 64.0 Å². The normalized spacial score (nSPS) is 11.3. The molecule has 0 aromatic rings. The first-order chi connectivity index (χ1) is 9.34. The molecule has 0 unspecified atom stereocenters. The molecule has 0 atom stereocenters. The Kier molecular flexibility index (Phi) is 9.84. The molecule has 7 heteroatoms. The SMILES string of the molecule is O=C(O)CCCCCCCCCCNC(=O)C(F)(F)F. The summed E-state index contributed by atoms with van der Waals surface area (Å²) in [6, 6.07) is 0. The first-order valence-corrected chi connectivity index (χ1v) is 6.91. The van der Waals surface area contributed by atoms with E-state index in [9.17, 15) is 22.8 Å². The molecule has 0 rings (SSSR count). The van der Waals surface area contributed by atoms with Gasteiger partial charge in [0, 0.05) is 13.0 Å². The molecule has 0 saturated carbocycles. The van der Waals surface area contributed by atoms with Gasteiger partial charge in [0.05, 0.1) is 0 Å². The van der Waals surface area contributed by atoms with E-state index < -0.39 is 18.1 Å². The van der Waals surface area contributed by atoms with Crippen molar-refractivity contribution in [3.8, 4) is 0 Å². The van der Waals surface area contributed by atoms with Gasteiger partial charge in [-0.2, -0.15) is 13.2 Å². The molecule has 0 heterocycles. The van der Waals surface area contributed by atoms with Crippen LogP contribution in [0.4, 0.5) is 13.2 Å². The minimum atomic E-state index is -4.80. The molecule has 0 saturated heterocycles. The van der Waals surface area contributed by atoms with E-state index in [0.29, 0.717) is 12.8 Å². The molecule has 0 aliphatic carbocycles. The topological polar surface area (TPSA) is 66.4 Å². The van der Waals surface area contributed by atoms with E-state index in [1.54, 1.807) is 0 Å². The zero-order valence-corrected chi connectivity index (χ0v) is 11.5. The number of unbranched alkanes of at least 4 members (excludes halogenated alkanes) is 7. The second-order valence-corrected chi connectivity index (χ2v) is 4.73. The summed E-state index contributed by atoms with van der Waals surface area (Å²) in [5.41, 5.74) is 0. The summed E-state index contributed by atoms with van der Waals surface area (Å²) >= 11 is 0. The molecule has 2 N–H and O–H groups in total. The lowest BCUT2D eigenvalue weighted by Crippen LogP contribution is -2.37. The molecular formula is C13H22F3NO3. The number of aliphatic carboxylic acids is 1. The first kappa shape index (κ1) is 18.7. The van der Waals surface area contributed by atoms with Gasteiger partial charge in [0.15, 0.2) is 0 Å². The van der Waals surface area contributed by atoms with Gasteiger partial charge in [0.2, 0.25) is 0 Å². The lowest BCUT2D eigenvalue weighted by Gasteiger charge is -2.07. The summed E-state index contributed by atoms with van der Waals surface area (Å²) in [5.74, 6) is -2.65. The molecule has 118 valence electrons. The van der Waals surface area contributed by atoms with Crippen molar-refractivity contribution in [3.63, 3.8) is 0 Å². The van der Waals surface area contributed by atoms with Crippen LogP contribution in [0, 0.1) is 0 Å². The van der Waals surface area contributed by atoms with Gasteiger partial charge in [0.25, 0.3) is 0 Å². The minimum Gasteiger partial charge on any atom is -0.481 e. The Hall–Kier alpha value is -1.27. The fourth-order valence-electron chi connectivity index (χ4n) is 1.76. The highest BCUT2D eigenvalue weighted by atomic mass is 19.4. The van der Waals surface area contributed by atoms with Crippen molar-refractivity contribution in [3.05, 3.63) is 0 Å². The van der Waals surface area contributed by atoms with Crippen LogP contribution in [0.25, 0.3) is 0 Å². The van der Waals surface area contributed by atoms with Gasteiger partial charge in [-0.3, -0.25) is 9.59 Å². The molecule has 0 aromatic heterocycles. The number of carbonyl (C=O) groups is 2. The maximum Gasteiger partial charge on any atom is 0.471 e. The van der Waals surface area contributed by atoms with Crippen LogP contribution in [0.1, 0.15) is 57.8 Å². The summed E-state index contributed by atoms with van der Waals surface area (Å²) in [5, 5.41) is 10.3. The Labute approximate surface area is 116 Å². The number of amides is 1. The number of nitrogens with one attached hydrogen (secondary N) is 1. The molecule has 0 fully saturated rings. The highest BCUT2D eigenvalue weighted by Gasteiger charge is 2.38. The fourth-order valence-corrected chi connectivity index (χ4v) is 1.76. The average Bonchev–Trinajstić information content (AvgIpc) is 2.34. The van der Waals surface area contributed by atoms with Crippen LogP contribution in [-0.4, -0.2) is 29.7 Å². The van der Waals surface area contributed by atoms with Crippen LogP contribution in [0.3, 0.4) is 0 Å². The molecule has 0 aliphatic heterocycles. The van der Waals surface area contributed by atoms with Gasteiger partial charge >= 0.3 is 18.1 Å². The van der Waals surface area contributed by atoms with E-state index >= 15 is 0 Å². The highest BCUT2D eigenvalue weighted by Crippen LogP contribution is 2.14. The van der Waals surface area contributed by atoms with Gasteiger partial charge in [0.1, 0.15) is 0 Å². The van der Waals surface area contributed by atoms with Crippen molar-refractivity contribution in [1.29, 1.82) is 0 Å². The van der Waals surface area contributed by atoms with Crippen LogP contribution < -0.4 is 5.32 Å². The zero-order valence-electron chi connectivity index (χ0n) is 11.5.